The van der Waals surface area contributed by atoms with Crippen molar-refractivity contribution in [3.8, 4) is 0 Å². The van der Waals surface area contributed by atoms with Crippen LogP contribution in [0.2, 0.25) is 0 Å². The van der Waals surface area contributed by atoms with Crippen molar-refractivity contribution < 1.29 is 33.5 Å². The van der Waals surface area contributed by atoms with Crippen molar-refractivity contribution in [2.45, 2.75) is 154 Å². The van der Waals surface area contributed by atoms with Crippen LogP contribution >= 0.6 is 7.82 Å². The number of aliphatic hydroxyl groups is 2. The Labute approximate surface area is 256 Å². The van der Waals surface area contributed by atoms with E-state index in [1.807, 2.05) is 0 Å². The molecule has 6 N–H and O–H groups in total. The second-order valence-electron chi connectivity index (χ2n) is 11.2. The third-order valence-electron chi connectivity index (χ3n) is 7.14. The van der Waals surface area contributed by atoms with E-state index in [0.717, 1.165) is 64.2 Å². The standard InChI is InChI=1S/C32H63N2O7P/c1-3-5-7-9-11-12-13-14-15-16-18-19-21-23-29(35)27-32(37)34-30(28-41-42(38,39)40-26-25-33)31(36)24-22-20-17-10-8-6-4-2/h11-14,29-31,35-36H,3-10,15-28,33H2,1-2H3,(H,34,37)(H,38,39)/b12-11-,14-13-. The molecule has 248 valence electrons. The van der Waals surface area contributed by atoms with E-state index in [-0.39, 0.29) is 26.2 Å². The van der Waals surface area contributed by atoms with Gasteiger partial charge in [0, 0.05) is 6.54 Å². The van der Waals surface area contributed by atoms with Crippen LogP contribution in [0.15, 0.2) is 24.3 Å². The molecule has 0 heterocycles. The van der Waals surface area contributed by atoms with E-state index in [9.17, 15) is 24.5 Å². The molecule has 0 spiro atoms. The molecule has 0 aliphatic carbocycles. The summed E-state index contributed by atoms with van der Waals surface area (Å²) in [7, 11) is -4.36. The first-order valence-electron chi connectivity index (χ1n) is 16.5. The number of carbonyl (C=O) groups is 1. The van der Waals surface area contributed by atoms with Gasteiger partial charge in [0.2, 0.25) is 5.91 Å². The first kappa shape index (κ1) is 40.9. The van der Waals surface area contributed by atoms with Crippen LogP contribution in [0.4, 0.5) is 0 Å². The van der Waals surface area contributed by atoms with Gasteiger partial charge >= 0.3 is 7.82 Å². The molecule has 0 rings (SSSR count). The lowest BCUT2D eigenvalue weighted by Gasteiger charge is -2.25. The molecule has 0 aliphatic rings. The molecule has 0 aromatic carbocycles. The lowest BCUT2D eigenvalue weighted by molar-refractivity contribution is -0.125. The van der Waals surface area contributed by atoms with Crippen LogP contribution in [0.25, 0.3) is 0 Å². The maximum absolute atomic E-state index is 12.6. The van der Waals surface area contributed by atoms with Crippen molar-refractivity contribution in [3.05, 3.63) is 24.3 Å². The third kappa shape index (κ3) is 26.6. The van der Waals surface area contributed by atoms with Crippen molar-refractivity contribution >= 4 is 13.7 Å². The smallest absolute Gasteiger partial charge is 0.393 e. The van der Waals surface area contributed by atoms with Crippen molar-refractivity contribution in [1.29, 1.82) is 0 Å². The van der Waals surface area contributed by atoms with Crippen LogP contribution < -0.4 is 11.1 Å². The Kier molecular flexibility index (Phi) is 28.0. The van der Waals surface area contributed by atoms with Crippen LogP contribution in [-0.2, 0) is 18.4 Å². The van der Waals surface area contributed by atoms with Gasteiger partial charge in [-0.3, -0.25) is 13.8 Å². The number of allylic oxidation sites excluding steroid dienone is 4. The number of hydrogen-bond donors (Lipinski definition) is 5. The van der Waals surface area contributed by atoms with Crippen LogP contribution in [-0.4, -0.2) is 59.0 Å². The van der Waals surface area contributed by atoms with Gasteiger partial charge < -0.3 is 26.2 Å². The molecule has 0 radical (unpaired) electrons. The first-order chi connectivity index (χ1) is 20.3. The summed E-state index contributed by atoms with van der Waals surface area (Å²) in [6.07, 6.45) is 25.3. The Morgan fingerprint density at radius 3 is 1.95 bits per heavy atom. The van der Waals surface area contributed by atoms with Crippen molar-refractivity contribution in [3.63, 3.8) is 0 Å². The molecule has 9 nitrogen and oxygen atoms in total. The zero-order valence-electron chi connectivity index (χ0n) is 26.6. The summed E-state index contributed by atoms with van der Waals surface area (Å²) in [5, 5.41) is 23.8. The molecular formula is C32H63N2O7P. The molecule has 1 amide bonds. The molecular weight excluding hydrogens is 555 g/mol. The Bertz CT molecular complexity index is 736. The molecule has 4 atom stereocenters. The highest BCUT2D eigenvalue weighted by atomic mass is 31.2. The largest absolute Gasteiger partial charge is 0.472 e. The summed E-state index contributed by atoms with van der Waals surface area (Å²) in [5.41, 5.74) is 5.32. The van der Waals surface area contributed by atoms with E-state index in [0.29, 0.717) is 12.8 Å². The summed E-state index contributed by atoms with van der Waals surface area (Å²) in [5.74, 6) is -0.432. The van der Waals surface area contributed by atoms with E-state index >= 15 is 0 Å². The summed E-state index contributed by atoms with van der Waals surface area (Å²) < 4.78 is 21.9. The number of unbranched alkanes of at least 4 members (excludes halogenated alkanes) is 13. The Balaban J connectivity index is 4.43. The monoisotopic (exact) mass is 618 g/mol. The van der Waals surface area contributed by atoms with Gasteiger partial charge in [0.25, 0.3) is 0 Å². The average Bonchev–Trinajstić information content (AvgIpc) is 2.96. The predicted octanol–water partition coefficient (Wildman–Crippen LogP) is 6.85. The summed E-state index contributed by atoms with van der Waals surface area (Å²) >= 11 is 0. The predicted molar refractivity (Wildman–Crippen MR) is 172 cm³/mol. The van der Waals surface area contributed by atoms with Crippen LogP contribution in [0.3, 0.4) is 0 Å². The molecule has 0 aliphatic heterocycles. The van der Waals surface area contributed by atoms with E-state index in [1.165, 1.54) is 38.5 Å². The van der Waals surface area contributed by atoms with Crippen LogP contribution in [0.5, 0.6) is 0 Å². The van der Waals surface area contributed by atoms with Gasteiger partial charge in [-0.2, -0.15) is 0 Å². The second-order valence-corrected chi connectivity index (χ2v) is 12.7. The lowest BCUT2D eigenvalue weighted by Crippen LogP contribution is -2.47. The minimum Gasteiger partial charge on any atom is -0.393 e. The minimum absolute atomic E-state index is 0.0563. The fraction of sp³-hybridized carbons (Fsp3) is 0.844. The van der Waals surface area contributed by atoms with Crippen LogP contribution in [0, 0.1) is 0 Å². The second kappa shape index (κ2) is 28.7. The Morgan fingerprint density at radius 1 is 0.810 bits per heavy atom. The summed E-state index contributed by atoms with van der Waals surface area (Å²) in [6, 6.07) is -0.897. The number of phosphoric acid groups is 1. The normalized spacial score (nSPS) is 15.7. The molecule has 0 aromatic rings. The summed E-state index contributed by atoms with van der Waals surface area (Å²) in [4.78, 5) is 22.5. The maximum Gasteiger partial charge on any atom is 0.472 e. The number of aliphatic hydroxyl groups excluding tert-OH is 2. The number of rotatable bonds is 30. The van der Waals surface area contributed by atoms with Gasteiger partial charge in [-0.1, -0.05) is 115 Å². The Hall–Kier alpha value is -1.06. The van der Waals surface area contributed by atoms with Gasteiger partial charge in [-0.05, 0) is 38.5 Å². The first-order valence-corrected chi connectivity index (χ1v) is 18.0. The number of nitrogens with one attached hydrogen (secondary N) is 1. The number of phosphoric ester groups is 1. The zero-order valence-corrected chi connectivity index (χ0v) is 27.5. The van der Waals surface area contributed by atoms with Crippen molar-refractivity contribution in [2.24, 2.45) is 5.73 Å². The molecule has 4 unspecified atom stereocenters. The van der Waals surface area contributed by atoms with Gasteiger partial charge in [0.15, 0.2) is 0 Å². The third-order valence-corrected chi connectivity index (χ3v) is 8.12. The number of amides is 1. The van der Waals surface area contributed by atoms with E-state index in [2.05, 4.69) is 43.5 Å². The molecule has 0 saturated heterocycles. The fourth-order valence-electron chi connectivity index (χ4n) is 4.58. The highest BCUT2D eigenvalue weighted by Crippen LogP contribution is 2.43. The van der Waals surface area contributed by atoms with E-state index in [1.54, 1.807) is 0 Å². The molecule has 0 saturated carbocycles. The van der Waals surface area contributed by atoms with Gasteiger partial charge in [0.05, 0.1) is 37.9 Å². The van der Waals surface area contributed by atoms with Gasteiger partial charge in [0.1, 0.15) is 0 Å². The number of hydrogen-bond acceptors (Lipinski definition) is 7. The van der Waals surface area contributed by atoms with E-state index in [4.69, 9.17) is 14.8 Å². The summed E-state index contributed by atoms with van der Waals surface area (Å²) in [6.45, 7) is 3.91. The lowest BCUT2D eigenvalue weighted by atomic mass is 10.0. The van der Waals surface area contributed by atoms with Crippen molar-refractivity contribution in [2.75, 3.05) is 19.8 Å². The number of nitrogens with two attached hydrogens (primary N) is 1. The molecule has 42 heavy (non-hydrogen) atoms. The van der Waals surface area contributed by atoms with E-state index < -0.39 is 32.0 Å². The van der Waals surface area contributed by atoms with Gasteiger partial charge in [-0.25, -0.2) is 4.57 Å². The average molecular weight is 619 g/mol. The molecule has 0 bridgehead atoms. The topological polar surface area (TPSA) is 151 Å². The van der Waals surface area contributed by atoms with Crippen LogP contribution in [0.1, 0.15) is 136 Å². The minimum atomic E-state index is -4.36. The quantitative estimate of drug-likeness (QED) is 0.0333. The molecule has 0 fully saturated rings. The maximum atomic E-state index is 12.6. The zero-order chi connectivity index (χ0) is 31.3. The number of carbonyl (C=O) groups excluding carboxylic acids is 1. The SMILES string of the molecule is CCCCC/C=C\C=C/CCCCCCC(O)CC(=O)NC(COP(=O)(O)OCCN)C(O)CCCCCCCCC. The highest BCUT2D eigenvalue weighted by Gasteiger charge is 2.28. The van der Waals surface area contributed by atoms with Crippen molar-refractivity contribution in [1.82, 2.24) is 5.32 Å². The highest BCUT2D eigenvalue weighted by molar-refractivity contribution is 7.47. The fourth-order valence-corrected chi connectivity index (χ4v) is 5.34. The Morgan fingerprint density at radius 2 is 1.33 bits per heavy atom. The molecule has 0 aromatic heterocycles. The molecule has 10 heteroatoms. The van der Waals surface area contributed by atoms with Gasteiger partial charge in [-0.15, -0.1) is 0 Å².